The van der Waals surface area contributed by atoms with Crippen molar-refractivity contribution in [2.24, 2.45) is 5.73 Å². The first-order valence-corrected chi connectivity index (χ1v) is 5.65. The lowest BCUT2D eigenvalue weighted by atomic mass is 9.98. The predicted molar refractivity (Wildman–Crippen MR) is 64.1 cm³/mol. The maximum atomic E-state index is 8.69. The molecule has 84 valence electrons. The SMILES string of the molecule is Cc1ccc(Cl)cc1C(N)CCCCO. The molecule has 2 nitrogen and oxygen atoms in total. The van der Waals surface area contributed by atoms with E-state index in [1.807, 2.05) is 25.1 Å². The van der Waals surface area contributed by atoms with Crippen LogP contribution in [0.25, 0.3) is 0 Å². The Kier molecular flexibility index (Phi) is 5.09. The summed E-state index contributed by atoms with van der Waals surface area (Å²) in [6.07, 6.45) is 2.65. The van der Waals surface area contributed by atoms with Gasteiger partial charge in [0.05, 0.1) is 0 Å². The number of benzene rings is 1. The van der Waals surface area contributed by atoms with Crippen LogP contribution in [-0.2, 0) is 0 Å². The number of aliphatic hydroxyl groups excluding tert-OH is 1. The van der Waals surface area contributed by atoms with Gasteiger partial charge in [-0.3, -0.25) is 0 Å². The van der Waals surface area contributed by atoms with Crippen LogP contribution in [0.3, 0.4) is 0 Å². The second-order valence-electron chi connectivity index (χ2n) is 3.83. The number of hydrogen-bond donors (Lipinski definition) is 2. The Morgan fingerprint density at radius 1 is 1.40 bits per heavy atom. The molecule has 0 saturated heterocycles. The third-order valence-corrected chi connectivity index (χ3v) is 2.80. The van der Waals surface area contributed by atoms with Crippen molar-refractivity contribution in [3.05, 3.63) is 34.3 Å². The van der Waals surface area contributed by atoms with E-state index in [1.165, 1.54) is 5.56 Å². The quantitative estimate of drug-likeness (QED) is 0.760. The molecule has 3 N–H and O–H groups in total. The fraction of sp³-hybridized carbons (Fsp3) is 0.500. The zero-order valence-electron chi connectivity index (χ0n) is 9.04. The number of hydrogen-bond acceptors (Lipinski definition) is 2. The third kappa shape index (κ3) is 3.82. The number of halogens is 1. The minimum Gasteiger partial charge on any atom is -0.396 e. The molecule has 0 aromatic heterocycles. The van der Waals surface area contributed by atoms with Crippen LogP contribution in [-0.4, -0.2) is 11.7 Å². The van der Waals surface area contributed by atoms with Crippen molar-refractivity contribution in [1.82, 2.24) is 0 Å². The topological polar surface area (TPSA) is 46.2 Å². The zero-order chi connectivity index (χ0) is 11.3. The second-order valence-corrected chi connectivity index (χ2v) is 4.26. The molecule has 1 rings (SSSR count). The molecule has 1 aromatic rings. The van der Waals surface area contributed by atoms with Crippen molar-refractivity contribution in [3.8, 4) is 0 Å². The van der Waals surface area contributed by atoms with Crippen LogP contribution in [0.5, 0.6) is 0 Å². The summed E-state index contributed by atoms with van der Waals surface area (Å²) < 4.78 is 0. The first-order chi connectivity index (χ1) is 7.15. The van der Waals surface area contributed by atoms with Crippen LogP contribution >= 0.6 is 11.6 Å². The van der Waals surface area contributed by atoms with E-state index in [1.54, 1.807) is 0 Å². The highest BCUT2D eigenvalue weighted by Crippen LogP contribution is 2.23. The van der Waals surface area contributed by atoms with E-state index in [-0.39, 0.29) is 12.6 Å². The largest absolute Gasteiger partial charge is 0.396 e. The van der Waals surface area contributed by atoms with Gasteiger partial charge in [0, 0.05) is 17.7 Å². The van der Waals surface area contributed by atoms with Gasteiger partial charge >= 0.3 is 0 Å². The van der Waals surface area contributed by atoms with Gasteiger partial charge in [-0.1, -0.05) is 17.7 Å². The predicted octanol–water partition coefficient (Wildman–Crippen LogP) is 2.81. The van der Waals surface area contributed by atoms with Gasteiger partial charge < -0.3 is 10.8 Å². The summed E-state index contributed by atoms with van der Waals surface area (Å²) in [5.41, 5.74) is 8.35. The van der Waals surface area contributed by atoms with Gasteiger partial charge in [0.25, 0.3) is 0 Å². The average Bonchev–Trinajstić information content (AvgIpc) is 2.22. The van der Waals surface area contributed by atoms with Crippen molar-refractivity contribution in [2.75, 3.05) is 6.61 Å². The number of rotatable bonds is 5. The molecule has 0 aliphatic carbocycles. The Hall–Kier alpha value is -0.570. The maximum absolute atomic E-state index is 8.69. The Morgan fingerprint density at radius 3 is 2.80 bits per heavy atom. The molecular weight excluding hydrogens is 210 g/mol. The average molecular weight is 228 g/mol. The molecule has 15 heavy (non-hydrogen) atoms. The highest BCUT2D eigenvalue weighted by atomic mass is 35.5. The smallest absolute Gasteiger partial charge is 0.0431 e. The molecule has 0 heterocycles. The molecule has 0 fully saturated rings. The highest BCUT2D eigenvalue weighted by molar-refractivity contribution is 6.30. The molecule has 0 amide bonds. The van der Waals surface area contributed by atoms with Gasteiger partial charge in [0.1, 0.15) is 0 Å². The van der Waals surface area contributed by atoms with Crippen molar-refractivity contribution >= 4 is 11.6 Å². The molecular formula is C12H18ClNO. The van der Waals surface area contributed by atoms with E-state index in [2.05, 4.69) is 0 Å². The van der Waals surface area contributed by atoms with Crippen molar-refractivity contribution < 1.29 is 5.11 Å². The Balaban J connectivity index is 2.64. The van der Waals surface area contributed by atoms with E-state index in [4.69, 9.17) is 22.4 Å². The van der Waals surface area contributed by atoms with Crippen molar-refractivity contribution in [3.63, 3.8) is 0 Å². The zero-order valence-corrected chi connectivity index (χ0v) is 9.80. The summed E-state index contributed by atoms with van der Waals surface area (Å²) in [6.45, 7) is 2.28. The van der Waals surface area contributed by atoms with Crippen LogP contribution in [0.4, 0.5) is 0 Å². The van der Waals surface area contributed by atoms with Gasteiger partial charge in [-0.15, -0.1) is 0 Å². The van der Waals surface area contributed by atoms with E-state index in [9.17, 15) is 0 Å². The summed E-state index contributed by atoms with van der Waals surface area (Å²) in [5, 5.41) is 9.42. The summed E-state index contributed by atoms with van der Waals surface area (Å²) in [6, 6.07) is 5.82. The fourth-order valence-electron chi connectivity index (χ4n) is 1.64. The number of aryl methyl sites for hydroxylation is 1. The molecule has 0 spiro atoms. The van der Waals surface area contributed by atoms with Crippen molar-refractivity contribution in [1.29, 1.82) is 0 Å². The summed E-state index contributed by atoms with van der Waals surface area (Å²) in [4.78, 5) is 0. The molecule has 0 saturated carbocycles. The van der Waals surface area contributed by atoms with Crippen LogP contribution in [0, 0.1) is 6.92 Å². The van der Waals surface area contributed by atoms with E-state index in [0.717, 1.165) is 29.8 Å². The molecule has 1 unspecified atom stereocenters. The summed E-state index contributed by atoms with van der Waals surface area (Å²) >= 11 is 5.93. The van der Waals surface area contributed by atoms with E-state index in [0.29, 0.717) is 0 Å². The first-order valence-electron chi connectivity index (χ1n) is 5.27. The van der Waals surface area contributed by atoms with Crippen LogP contribution in [0.1, 0.15) is 36.4 Å². The van der Waals surface area contributed by atoms with Gasteiger partial charge in [0.15, 0.2) is 0 Å². The number of unbranched alkanes of at least 4 members (excludes halogenated alkanes) is 1. The molecule has 0 radical (unpaired) electrons. The van der Waals surface area contributed by atoms with Gasteiger partial charge in [-0.2, -0.15) is 0 Å². The highest BCUT2D eigenvalue weighted by Gasteiger charge is 2.08. The monoisotopic (exact) mass is 227 g/mol. The van der Waals surface area contributed by atoms with Crippen LogP contribution in [0.2, 0.25) is 5.02 Å². The standard InChI is InChI=1S/C12H18ClNO/c1-9-5-6-10(13)8-11(9)12(14)4-2-3-7-15/h5-6,8,12,15H,2-4,7,14H2,1H3. The Labute approximate surface area is 96.1 Å². The van der Waals surface area contributed by atoms with Gasteiger partial charge in [-0.05, 0) is 49.4 Å². The normalized spacial score (nSPS) is 12.8. The fourth-order valence-corrected chi connectivity index (χ4v) is 1.82. The molecule has 0 aliphatic heterocycles. The van der Waals surface area contributed by atoms with Gasteiger partial charge in [0.2, 0.25) is 0 Å². The van der Waals surface area contributed by atoms with Crippen LogP contribution < -0.4 is 5.73 Å². The van der Waals surface area contributed by atoms with Gasteiger partial charge in [-0.25, -0.2) is 0 Å². The maximum Gasteiger partial charge on any atom is 0.0431 e. The summed E-state index contributed by atoms with van der Waals surface area (Å²) in [7, 11) is 0. The number of nitrogens with two attached hydrogens (primary N) is 1. The molecule has 0 bridgehead atoms. The minimum atomic E-state index is 0.0234. The second kappa shape index (κ2) is 6.11. The summed E-state index contributed by atoms with van der Waals surface area (Å²) in [5.74, 6) is 0. The van der Waals surface area contributed by atoms with Crippen molar-refractivity contribution in [2.45, 2.75) is 32.2 Å². The Bertz CT molecular complexity index is 314. The molecule has 3 heteroatoms. The lowest BCUT2D eigenvalue weighted by Crippen LogP contribution is -2.11. The molecule has 1 atom stereocenters. The van der Waals surface area contributed by atoms with Crippen LogP contribution in [0.15, 0.2) is 18.2 Å². The minimum absolute atomic E-state index is 0.0234. The Morgan fingerprint density at radius 2 is 2.13 bits per heavy atom. The molecule has 0 aliphatic rings. The number of aliphatic hydroxyl groups is 1. The van der Waals surface area contributed by atoms with E-state index < -0.39 is 0 Å². The third-order valence-electron chi connectivity index (χ3n) is 2.56. The lowest BCUT2D eigenvalue weighted by molar-refractivity contribution is 0.281. The first kappa shape index (κ1) is 12.5. The molecule has 1 aromatic carbocycles. The van der Waals surface area contributed by atoms with E-state index >= 15 is 0 Å². The lowest BCUT2D eigenvalue weighted by Gasteiger charge is -2.14.